The van der Waals surface area contributed by atoms with Crippen LogP contribution in [0.2, 0.25) is 0 Å². The van der Waals surface area contributed by atoms with Gasteiger partial charge in [0.05, 0.1) is 32.7 Å². The highest BCUT2D eigenvalue weighted by atomic mass is 32.2. The van der Waals surface area contributed by atoms with Crippen molar-refractivity contribution in [3.63, 3.8) is 0 Å². The number of methoxy groups -OCH3 is 1. The van der Waals surface area contributed by atoms with Crippen LogP contribution in [0.15, 0.2) is 16.7 Å². The van der Waals surface area contributed by atoms with Gasteiger partial charge in [-0.1, -0.05) is 13.3 Å². The Hall–Kier alpha value is -0.790. The number of esters is 1. The summed E-state index contributed by atoms with van der Waals surface area (Å²) in [5.41, 5.74) is -0.217. The van der Waals surface area contributed by atoms with Gasteiger partial charge >= 0.3 is 13.6 Å². The van der Waals surface area contributed by atoms with Crippen molar-refractivity contribution in [2.45, 2.75) is 58.1 Å². The molecule has 28 heavy (non-hydrogen) atoms. The number of thioether (sulfide) groups is 1. The summed E-state index contributed by atoms with van der Waals surface area (Å²) >= 11 is 1.40. The average Bonchev–Trinajstić information content (AvgIpc) is 3.09. The van der Waals surface area contributed by atoms with Crippen LogP contribution in [0.4, 0.5) is 0 Å². The molecule has 0 radical (unpaired) electrons. The van der Waals surface area contributed by atoms with E-state index in [1.54, 1.807) is 33.9 Å². The van der Waals surface area contributed by atoms with Crippen molar-refractivity contribution in [1.29, 1.82) is 0 Å². The number of hydrogen-bond acceptors (Lipinski definition) is 8. The third-order valence-corrected chi connectivity index (χ3v) is 7.91. The number of furan rings is 1. The molecule has 0 fully saturated rings. The average molecular weight is 437 g/mol. The molecule has 2 unspecified atom stereocenters. The minimum Gasteiger partial charge on any atom is -0.468 e. The van der Waals surface area contributed by atoms with Gasteiger partial charge in [0.2, 0.25) is 0 Å². The van der Waals surface area contributed by atoms with Crippen LogP contribution in [-0.4, -0.2) is 43.9 Å². The molecule has 0 saturated carbocycles. The molecule has 1 rings (SSSR count). The van der Waals surface area contributed by atoms with E-state index in [1.807, 2.05) is 0 Å². The predicted octanol–water partition coefficient (Wildman–Crippen LogP) is 5.20. The monoisotopic (exact) mass is 436 g/mol. The van der Waals surface area contributed by atoms with E-state index in [0.717, 1.165) is 18.6 Å². The summed E-state index contributed by atoms with van der Waals surface area (Å²) in [5.74, 6) is 0.650. The zero-order valence-corrected chi connectivity index (χ0v) is 19.2. The Morgan fingerprint density at radius 2 is 1.86 bits per heavy atom. The van der Waals surface area contributed by atoms with E-state index >= 15 is 0 Å². The van der Waals surface area contributed by atoms with Gasteiger partial charge in [-0.15, -0.1) is 11.8 Å². The zero-order valence-electron chi connectivity index (χ0n) is 17.5. The Kier molecular flexibility index (Phi) is 12.1. The Bertz CT molecular complexity index is 609. The lowest BCUT2D eigenvalue weighted by molar-refractivity contribution is -0.142. The molecule has 0 saturated heterocycles. The minimum atomic E-state index is -3.72. The van der Waals surface area contributed by atoms with Gasteiger partial charge in [-0.05, 0) is 39.0 Å². The molecule has 9 heteroatoms. The SMILES string of the molecule is CCCCSC(C(=O)OCC)C(c1occc1COC)P(=O)(OCC)OCC. The van der Waals surface area contributed by atoms with Gasteiger partial charge in [-0.2, -0.15) is 0 Å². The largest absolute Gasteiger partial charge is 0.468 e. The van der Waals surface area contributed by atoms with Crippen molar-refractivity contribution in [3.05, 3.63) is 23.7 Å². The number of hydrogen-bond donors (Lipinski definition) is 0. The first-order chi connectivity index (χ1) is 13.5. The van der Waals surface area contributed by atoms with E-state index < -0.39 is 24.5 Å². The first-order valence-electron chi connectivity index (χ1n) is 9.71. The van der Waals surface area contributed by atoms with E-state index in [9.17, 15) is 9.36 Å². The Balaban J connectivity index is 3.47. The quantitative estimate of drug-likeness (QED) is 0.211. The van der Waals surface area contributed by atoms with Crippen LogP contribution >= 0.6 is 19.4 Å². The van der Waals surface area contributed by atoms with Crippen molar-refractivity contribution in [2.75, 3.05) is 32.7 Å². The van der Waals surface area contributed by atoms with Crippen molar-refractivity contribution in [1.82, 2.24) is 0 Å². The number of unbranched alkanes of at least 4 members (excludes halogenated alkanes) is 1. The van der Waals surface area contributed by atoms with Crippen molar-refractivity contribution < 1.29 is 32.3 Å². The van der Waals surface area contributed by atoms with Crippen LogP contribution in [0.5, 0.6) is 0 Å². The molecule has 0 aliphatic carbocycles. The molecule has 0 N–H and O–H groups in total. The minimum absolute atomic E-state index is 0.184. The van der Waals surface area contributed by atoms with Gasteiger partial charge in [0.15, 0.2) is 0 Å². The molecule has 0 amide bonds. The maximum Gasteiger partial charge on any atom is 0.343 e. The summed E-state index contributed by atoms with van der Waals surface area (Å²) in [5, 5.41) is -0.780. The fraction of sp³-hybridized carbons (Fsp3) is 0.737. The van der Waals surface area contributed by atoms with E-state index in [2.05, 4.69) is 6.92 Å². The molecular formula is C19H33O7PS. The highest BCUT2D eigenvalue weighted by Gasteiger charge is 2.49. The molecule has 1 aromatic heterocycles. The lowest BCUT2D eigenvalue weighted by Gasteiger charge is -2.30. The third-order valence-electron chi connectivity index (χ3n) is 3.91. The summed E-state index contributed by atoms with van der Waals surface area (Å²) in [6.45, 7) is 8.16. The summed E-state index contributed by atoms with van der Waals surface area (Å²) in [7, 11) is -2.16. The normalized spacial score (nSPS) is 14.0. The fourth-order valence-corrected chi connectivity index (χ4v) is 6.76. The smallest absolute Gasteiger partial charge is 0.343 e. The lowest BCUT2D eigenvalue weighted by atomic mass is 10.1. The third kappa shape index (κ3) is 6.92. The second kappa shape index (κ2) is 13.4. The molecule has 2 atom stereocenters. The summed E-state index contributed by atoms with van der Waals surface area (Å²) in [4.78, 5) is 12.9. The maximum absolute atomic E-state index is 13.8. The Morgan fingerprint density at radius 3 is 2.39 bits per heavy atom. The number of carbonyl (C=O) groups is 1. The van der Waals surface area contributed by atoms with Gasteiger partial charge in [0.25, 0.3) is 0 Å². The highest BCUT2D eigenvalue weighted by molar-refractivity contribution is 8.00. The molecule has 0 spiro atoms. The summed E-state index contributed by atoms with van der Waals surface area (Å²) in [6, 6.07) is 1.74. The molecule has 0 aliphatic heterocycles. The number of carbonyl (C=O) groups excluding carboxylic acids is 1. The van der Waals surface area contributed by atoms with Crippen LogP contribution in [0.25, 0.3) is 0 Å². The first-order valence-corrected chi connectivity index (χ1v) is 12.4. The van der Waals surface area contributed by atoms with E-state index in [4.69, 9.17) is 22.9 Å². The van der Waals surface area contributed by atoms with Gasteiger partial charge in [-0.3, -0.25) is 9.36 Å². The van der Waals surface area contributed by atoms with E-state index in [-0.39, 0.29) is 26.4 Å². The van der Waals surface area contributed by atoms with E-state index in [0.29, 0.717) is 11.3 Å². The Morgan fingerprint density at radius 1 is 1.18 bits per heavy atom. The maximum atomic E-state index is 13.8. The molecule has 0 bridgehead atoms. The van der Waals surface area contributed by atoms with Crippen molar-refractivity contribution in [3.8, 4) is 0 Å². The molecule has 162 valence electrons. The molecule has 0 aromatic carbocycles. The fourth-order valence-electron chi connectivity index (χ4n) is 2.75. The molecule has 1 aromatic rings. The first kappa shape index (κ1) is 25.2. The molecular weight excluding hydrogens is 403 g/mol. The van der Waals surface area contributed by atoms with Crippen LogP contribution in [-0.2, 0) is 34.5 Å². The standard InChI is InChI=1S/C19H33O7PS/c1-6-10-13-28-18(19(20)23-7-2)17(27(21,25-8-3)26-9-4)16-15(14-22-5)11-12-24-16/h11-12,17-18H,6-10,13-14H2,1-5H3. The van der Waals surface area contributed by atoms with Gasteiger partial charge in [0, 0.05) is 12.7 Å². The lowest BCUT2D eigenvalue weighted by Crippen LogP contribution is -2.29. The molecule has 1 heterocycles. The van der Waals surface area contributed by atoms with E-state index in [1.165, 1.54) is 18.0 Å². The van der Waals surface area contributed by atoms with Gasteiger partial charge < -0.3 is 22.9 Å². The van der Waals surface area contributed by atoms with Crippen LogP contribution in [0.1, 0.15) is 57.5 Å². The number of rotatable bonds is 15. The zero-order chi connectivity index (χ0) is 21.0. The van der Waals surface area contributed by atoms with Crippen molar-refractivity contribution >= 4 is 25.3 Å². The van der Waals surface area contributed by atoms with Crippen LogP contribution in [0, 0.1) is 0 Å². The van der Waals surface area contributed by atoms with Crippen molar-refractivity contribution in [2.24, 2.45) is 0 Å². The second-order valence-electron chi connectivity index (χ2n) is 5.96. The predicted molar refractivity (Wildman–Crippen MR) is 111 cm³/mol. The molecule has 7 nitrogen and oxygen atoms in total. The molecule has 0 aliphatic rings. The van der Waals surface area contributed by atoms with Crippen LogP contribution < -0.4 is 0 Å². The van der Waals surface area contributed by atoms with Gasteiger partial charge in [0.1, 0.15) is 16.7 Å². The highest BCUT2D eigenvalue weighted by Crippen LogP contribution is 2.64. The topological polar surface area (TPSA) is 84.2 Å². The Labute approximate surface area is 172 Å². The number of ether oxygens (including phenoxy) is 2. The van der Waals surface area contributed by atoms with Gasteiger partial charge in [-0.25, -0.2) is 0 Å². The second-order valence-corrected chi connectivity index (χ2v) is 9.36. The van der Waals surface area contributed by atoms with Crippen LogP contribution in [0.3, 0.4) is 0 Å². The summed E-state index contributed by atoms with van der Waals surface area (Å²) in [6.07, 6.45) is 3.40. The summed E-state index contributed by atoms with van der Waals surface area (Å²) < 4.78 is 41.3.